The van der Waals surface area contributed by atoms with Gasteiger partial charge in [-0.1, -0.05) is 43.7 Å². The van der Waals surface area contributed by atoms with Crippen LogP contribution in [0.3, 0.4) is 0 Å². The molecule has 3 rings (SSSR count). The molecule has 1 saturated heterocycles. The predicted molar refractivity (Wildman–Crippen MR) is 179 cm³/mol. The van der Waals surface area contributed by atoms with Gasteiger partial charge in [-0.3, -0.25) is 19.2 Å². The van der Waals surface area contributed by atoms with E-state index in [0.717, 1.165) is 31.2 Å². The Morgan fingerprint density at radius 3 is 2.23 bits per heavy atom. The third kappa shape index (κ3) is 9.99. The van der Waals surface area contributed by atoms with Gasteiger partial charge in [0.05, 0.1) is 55.8 Å². The van der Waals surface area contributed by atoms with Crippen LogP contribution in [0.25, 0.3) is 0 Å². The second kappa shape index (κ2) is 17.7. The highest BCUT2D eigenvalue weighted by atomic mass is 16.5. The van der Waals surface area contributed by atoms with Gasteiger partial charge in [0.15, 0.2) is 0 Å². The number of carbonyl (C=O) groups excluding carboxylic acids is 5. The van der Waals surface area contributed by atoms with Crippen LogP contribution in [0.1, 0.15) is 64.9 Å². The summed E-state index contributed by atoms with van der Waals surface area (Å²) in [6, 6.07) is 7.73. The quantitative estimate of drug-likeness (QED) is 0.207. The lowest BCUT2D eigenvalue weighted by atomic mass is 9.76. The molecule has 0 bridgehead atoms. The molecule has 6 atom stereocenters. The van der Waals surface area contributed by atoms with Crippen molar-refractivity contribution in [2.75, 3.05) is 41.5 Å². The second-order valence-electron chi connectivity index (χ2n) is 13.6. The number of likely N-dealkylation sites (N-methyl/N-ethyl adjacent to an activating group) is 1. The van der Waals surface area contributed by atoms with E-state index in [1.807, 2.05) is 30.3 Å². The van der Waals surface area contributed by atoms with Crippen LogP contribution in [0.4, 0.5) is 0 Å². The van der Waals surface area contributed by atoms with Crippen molar-refractivity contribution in [1.82, 2.24) is 20.4 Å². The molecule has 2 aliphatic rings. The summed E-state index contributed by atoms with van der Waals surface area (Å²) in [4.78, 5) is 68.9. The summed E-state index contributed by atoms with van der Waals surface area (Å²) >= 11 is 0. The maximum atomic E-state index is 14.0. The molecule has 1 aromatic rings. The topological polar surface area (TPSA) is 170 Å². The number of benzene rings is 1. The molecule has 1 aliphatic heterocycles. The molecule has 0 radical (unpaired) electrons. The average molecular weight is 674 g/mol. The molecule has 4 N–H and O–H groups in total. The van der Waals surface area contributed by atoms with Gasteiger partial charge in [0.1, 0.15) is 6.04 Å². The van der Waals surface area contributed by atoms with E-state index in [9.17, 15) is 24.0 Å². The maximum absolute atomic E-state index is 14.0. The van der Waals surface area contributed by atoms with Gasteiger partial charge in [0.2, 0.25) is 23.6 Å². The Hall–Kier alpha value is -3.55. The highest BCUT2D eigenvalue weighted by molar-refractivity contribution is 5.89. The first-order chi connectivity index (χ1) is 22.7. The summed E-state index contributed by atoms with van der Waals surface area (Å²) in [5.41, 5.74) is 5.61. The second-order valence-corrected chi connectivity index (χ2v) is 13.6. The predicted octanol–water partition coefficient (Wildman–Crippen LogP) is 1.41. The van der Waals surface area contributed by atoms with Crippen molar-refractivity contribution in [3.05, 3.63) is 35.9 Å². The van der Waals surface area contributed by atoms with Crippen LogP contribution in [0, 0.1) is 11.8 Å². The van der Waals surface area contributed by atoms with E-state index >= 15 is 0 Å². The Kier molecular flexibility index (Phi) is 14.4. The van der Waals surface area contributed by atoms with E-state index in [0.29, 0.717) is 13.0 Å². The number of hydrogen-bond donors (Lipinski definition) is 3. The molecule has 1 aliphatic carbocycles. The summed E-state index contributed by atoms with van der Waals surface area (Å²) in [6.07, 6.45) is 3.31. The first-order valence-electron chi connectivity index (χ1n) is 16.8. The van der Waals surface area contributed by atoms with Crippen molar-refractivity contribution in [2.45, 2.75) is 102 Å². The lowest BCUT2D eigenvalue weighted by Crippen LogP contribution is -2.57. The van der Waals surface area contributed by atoms with Crippen molar-refractivity contribution in [1.29, 1.82) is 0 Å². The average Bonchev–Trinajstić information content (AvgIpc) is 3.53. The molecule has 1 saturated carbocycles. The van der Waals surface area contributed by atoms with Gasteiger partial charge in [-0.15, -0.1) is 0 Å². The van der Waals surface area contributed by atoms with Crippen molar-refractivity contribution in [3.8, 4) is 0 Å². The Morgan fingerprint density at radius 2 is 1.69 bits per heavy atom. The molecular weight excluding hydrogens is 618 g/mol. The number of carbonyl (C=O) groups is 5. The number of likely N-dealkylation sites (tertiary alicyclic amines) is 1. The van der Waals surface area contributed by atoms with Gasteiger partial charge in [0.25, 0.3) is 0 Å². The normalized spacial score (nSPS) is 19.7. The van der Waals surface area contributed by atoms with E-state index in [-0.39, 0.29) is 55.1 Å². The van der Waals surface area contributed by atoms with E-state index in [2.05, 4.69) is 10.6 Å². The third-order valence-corrected chi connectivity index (χ3v) is 9.78. The summed E-state index contributed by atoms with van der Waals surface area (Å²) in [7, 11) is 6.03. The minimum Gasteiger partial charge on any atom is -0.467 e. The Labute approximate surface area is 284 Å². The summed E-state index contributed by atoms with van der Waals surface area (Å²) in [6.45, 7) is 5.15. The molecule has 268 valence electrons. The van der Waals surface area contributed by atoms with Crippen LogP contribution >= 0.6 is 0 Å². The van der Waals surface area contributed by atoms with E-state index in [4.69, 9.17) is 19.9 Å². The van der Waals surface area contributed by atoms with Crippen LogP contribution in [-0.4, -0.2) is 117 Å². The van der Waals surface area contributed by atoms with Gasteiger partial charge in [0, 0.05) is 34.2 Å². The van der Waals surface area contributed by atoms with Crippen LogP contribution in [-0.2, 0) is 44.6 Å². The fourth-order valence-electron chi connectivity index (χ4n) is 6.73. The molecular formula is C35H55N5O8. The first-order valence-corrected chi connectivity index (χ1v) is 16.8. The van der Waals surface area contributed by atoms with Crippen LogP contribution in [0.15, 0.2) is 30.3 Å². The molecule has 13 nitrogen and oxygen atoms in total. The molecule has 2 fully saturated rings. The maximum Gasteiger partial charge on any atom is 0.328 e. The molecule has 13 heteroatoms. The number of methoxy groups -OCH3 is 3. The third-order valence-electron chi connectivity index (χ3n) is 9.78. The number of hydrogen-bond acceptors (Lipinski definition) is 9. The van der Waals surface area contributed by atoms with Gasteiger partial charge >= 0.3 is 5.97 Å². The lowest BCUT2D eigenvalue weighted by molar-refractivity contribution is -0.148. The minimum absolute atomic E-state index is 0.0342. The van der Waals surface area contributed by atoms with Crippen molar-refractivity contribution >= 4 is 29.6 Å². The SMILES string of the molecule is COC(=O)C(Cc1ccccc1)NC(=O)C(C)C(OC)C1CCCN1C(=O)CC(OC)C(C1CCC1)N(C)C(=O)CNC(=O)C(C)(C)N. The standard InChI is InChI=1S/C35H55N5O8/c1-22(32(43)38-25(33(44)48-7)19-23-13-9-8-10-14-23)31(47-6)26-17-12-18-40(26)28(41)20-27(46-5)30(24-15-11-16-24)39(4)29(42)21-37-34(45)35(2,3)36/h8-10,13-14,22,24-27,30-31H,11-12,15-21,36H2,1-7H3,(H,37,45)(H,38,43). The minimum atomic E-state index is -1.12. The number of nitrogens with one attached hydrogen (secondary N) is 2. The number of amides is 4. The molecule has 48 heavy (non-hydrogen) atoms. The number of esters is 1. The van der Waals surface area contributed by atoms with E-state index < -0.39 is 41.6 Å². The molecule has 1 heterocycles. The highest BCUT2D eigenvalue weighted by Gasteiger charge is 2.44. The molecule has 0 aromatic heterocycles. The Balaban J connectivity index is 1.71. The Morgan fingerprint density at radius 1 is 1.02 bits per heavy atom. The van der Waals surface area contributed by atoms with Crippen LogP contribution in [0.5, 0.6) is 0 Å². The van der Waals surface area contributed by atoms with Crippen molar-refractivity contribution in [3.63, 3.8) is 0 Å². The summed E-state index contributed by atoms with van der Waals surface area (Å²) < 4.78 is 16.7. The van der Waals surface area contributed by atoms with Gasteiger partial charge < -0.3 is 40.4 Å². The van der Waals surface area contributed by atoms with E-state index in [1.54, 1.807) is 44.7 Å². The van der Waals surface area contributed by atoms with Crippen molar-refractivity contribution in [2.24, 2.45) is 17.6 Å². The van der Waals surface area contributed by atoms with Crippen LogP contribution < -0.4 is 16.4 Å². The zero-order chi connectivity index (χ0) is 35.6. The molecule has 0 spiro atoms. The summed E-state index contributed by atoms with van der Waals surface area (Å²) in [5.74, 6) is -2.34. The fraction of sp³-hybridized carbons (Fsp3) is 0.686. The monoisotopic (exact) mass is 673 g/mol. The number of ether oxygens (including phenoxy) is 3. The number of nitrogens with zero attached hydrogens (tertiary/aromatic N) is 2. The number of nitrogens with two attached hydrogens (primary N) is 1. The number of rotatable bonds is 17. The smallest absolute Gasteiger partial charge is 0.328 e. The zero-order valence-corrected chi connectivity index (χ0v) is 29.5. The van der Waals surface area contributed by atoms with E-state index in [1.165, 1.54) is 14.2 Å². The largest absolute Gasteiger partial charge is 0.467 e. The molecule has 4 amide bonds. The molecule has 1 aromatic carbocycles. The van der Waals surface area contributed by atoms with Crippen LogP contribution in [0.2, 0.25) is 0 Å². The van der Waals surface area contributed by atoms with Crippen molar-refractivity contribution < 1.29 is 38.2 Å². The Bertz CT molecular complexity index is 1250. The van der Waals surface area contributed by atoms with Gasteiger partial charge in [-0.25, -0.2) is 4.79 Å². The van der Waals surface area contributed by atoms with Gasteiger partial charge in [-0.2, -0.15) is 0 Å². The highest BCUT2D eigenvalue weighted by Crippen LogP contribution is 2.36. The molecule has 6 unspecified atom stereocenters. The summed E-state index contributed by atoms with van der Waals surface area (Å²) in [5, 5.41) is 5.45. The van der Waals surface area contributed by atoms with Gasteiger partial charge in [-0.05, 0) is 51.0 Å². The zero-order valence-electron chi connectivity index (χ0n) is 29.5. The fourth-order valence-corrected chi connectivity index (χ4v) is 6.73. The first kappa shape index (κ1) is 38.9. The lowest BCUT2D eigenvalue weighted by Gasteiger charge is -2.43.